The van der Waals surface area contributed by atoms with Crippen molar-refractivity contribution in [3.8, 4) is 0 Å². The molecule has 4 rings (SSSR count). The number of imide groups is 1. The smallest absolute Gasteiger partial charge is 0.318 e. The summed E-state index contributed by atoms with van der Waals surface area (Å²) in [6, 6.07) is 15.5. The van der Waals surface area contributed by atoms with Crippen LogP contribution in [0.25, 0.3) is 10.1 Å². The average molecular weight is 400 g/mol. The van der Waals surface area contributed by atoms with Crippen LogP contribution in [0.2, 0.25) is 5.02 Å². The Kier molecular flexibility index (Phi) is 4.13. The Morgan fingerprint density at radius 3 is 2.48 bits per heavy atom. The number of nitrogens with zero attached hydrogens (tertiary/aromatic N) is 1. The third kappa shape index (κ3) is 2.75. The highest BCUT2D eigenvalue weighted by Gasteiger charge is 2.50. The highest BCUT2D eigenvalue weighted by molar-refractivity contribution is 7.21. The molecule has 0 unspecified atom stereocenters. The third-order valence-corrected chi connectivity index (χ3v) is 6.17. The van der Waals surface area contributed by atoms with Crippen molar-refractivity contribution >= 4 is 50.9 Å². The van der Waals surface area contributed by atoms with Crippen LogP contribution in [0.15, 0.2) is 54.6 Å². The van der Waals surface area contributed by atoms with Gasteiger partial charge in [0.1, 0.15) is 10.4 Å². The normalized spacial score (nSPS) is 19.4. The zero-order valence-corrected chi connectivity index (χ0v) is 15.7. The number of fused-ring (bicyclic) bond motifs is 1. The van der Waals surface area contributed by atoms with Gasteiger partial charge in [0, 0.05) is 10.1 Å². The maximum Gasteiger partial charge on any atom is 0.344 e. The second-order valence-electron chi connectivity index (χ2n) is 6.24. The fourth-order valence-corrected chi connectivity index (χ4v) is 4.43. The van der Waals surface area contributed by atoms with E-state index in [1.165, 1.54) is 11.3 Å². The van der Waals surface area contributed by atoms with E-state index in [9.17, 15) is 14.4 Å². The van der Waals surface area contributed by atoms with Crippen molar-refractivity contribution < 1.29 is 14.4 Å². The standard InChI is InChI=1S/C19H14ClN3O3S/c1-19(11-7-3-2-4-8-11)17(25)23(18(26)21-19)22-16(24)15-14(20)12-9-5-6-10-13(12)27-15/h2-10H,1H3,(H,21,26)(H,22,24)/t19-/m0/s1. The van der Waals surface area contributed by atoms with Crippen LogP contribution in [0.4, 0.5) is 4.79 Å². The number of carbonyl (C=O) groups excluding carboxylic acids is 3. The van der Waals surface area contributed by atoms with Gasteiger partial charge in [0.25, 0.3) is 11.8 Å². The van der Waals surface area contributed by atoms with Crippen molar-refractivity contribution in [2.75, 3.05) is 0 Å². The highest BCUT2D eigenvalue weighted by Crippen LogP contribution is 2.35. The number of amides is 4. The number of rotatable bonds is 3. The van der Waals surface area contributed by atoms with Crippen molar-refractivity contribution in [2.45, 2.75) is 12.5 Å². The van der Waals surface area contributed by atoms with Crippen LogP contribution in [0.1, 0.15) is 22.2 Å². The molecule has 0 aliphatic carbocycles. The first-order valence-corrected chi connectivity index (χ1v) is 9.31. The minimum absolute atomic E-state index is 0.242. The van der Waals surface area contributed by atoms with Gasteiger partial charge in [-0.1, -0.05) is 60.1 Å². The van der Waals surface area contributed by atoms with Crippen LogP contribution in [0.5, 0.6) is 0 Å². The van der Waals surface area contributed by atoms with E-state index in [1.54, 1.807) is 31.2 Å². The van der Waals surface area contributed by atoms with E-state index < -0.39 is 23.4 Å². The predicted molar refractivity (Wildman–Crippen MR) is 103 cm³/mol. The lowest BCUT2D eigenvalue weighted by molar-refractivity contribution is -0.132. The monoisotopic (exact) mass is 399 g/mol. The summed E-state index contributed by atoms with van der Waals surface area (Å²) in [4.78, 5) is 38.1. The number of halogens is 1. The largest absolute Gasteiger partial charge is 0.344 e. The molecule has 0 radical (unpaired) electrons. The molecule has 0 saturated carbocycles. The molecule has 6 nitrogen and oxygen atoms in total. The van der Waals surface area contributed by atoms with Gasteiger partial charge in [-0.25, -0.2) is 4.79 Å². The minimum Gasteiger partial charge on any atom is -0.318 e. The van der Waals surface area contributed by atoms with E-state index in [4.69, 9.17) is 11.6 Å². The average Bonchev–Trinajstić information content (AvgIpc) is 3.13. The van der Waals surface area contributed by atoms with Gasteiger partial charge < -0.3 is 5.32 Å². The van der Waals surface area contributed by atoms with E-state index in [0.717, 1.165) is 10.1 Å². The number of carbonyl (C=O) groups is 3. The molecule has 3 aromatic rings. The number of hydrogen-bond acceptors (Lipinski definition) is 4. The number of thiophene rings is 1. The molecule has 1 fully saturated rings. The van der Waals surface area contributed by atoms with Gasteiger partial charge >= 0.3 is 6.03 Å². The van der Waals surface area contributed by atoms with Crippen molar-refractivity contribution in [3.05, 3.63) is 70.1 Å². The van der Waals surface area contributed by atoms with Gasteiger partial charge in [-0.15, -0.1) is 11.3 Å². The van der Waals surface area contributed by atoms with Crippen LogP contribution in [-0.4, -0.2) is 22.9 Å². The van der Waals surface area contributed by atoms with Gasteiger partial charge in [0.2, 0.25) is 0 Å². The van der Waals surface area contributed by atoms with E-state index in [-0.39, 0.29) is 4.88 Å². The molecule has 2 N–H and O–H groups in total. The molecule has 1 aromatic heterocycles. The molecule has 1 atom stereocenters. The van der Waals surface area contributed by atoms with E-state index in [2.05, 4.69) is 10.7 Å². The van der Waals surface area contributed by atoms with Gasteiger partial charge in [0.05, 0.1) is 5.02 Å². The number of nitrogens with one attached hydrogen (secondary N) is 2. The Morgan fingerprint density at radius 2 is 1.78 bits per heavy atom. The van der Waals surface area contributed by atoms with Gasteiger partial charge in [0.15, 0.2) is 0 Å². The maximum absolute atomic E-state index is 12.9. The zero-order chi connectivity index (χ0) is 19.2. The van der Waals surface area contributed by atoms with Crippen molar-refractivity contribution in [2.24, 2.45) is 0 Å². The lowest BCUT2D eigenvalue weighted by Crippen LogP contribution is -2.47. The molecule has 1 aliphatic heterocycles. The van der Waals surface area contributed by atoms with Crippen LogP contribution >= 0.6 is 22.9 Å². The SMILES string of the molecule is C[C@@]1(c2ccccc2)NC(=O)N(NC(=O)c2sc3ccccc3c2Cl)C1=O. The first kappa shape index (κ1) is 17.5. The van der Waals surface area contributed by atoms with Crippen LogP contribution in [0, 0.1) is 0 Å². The van der Waals surface area contributed by atoms with E-state index in [1.807, 2.05) is 30.3 Å². The number of benzene rings is 2. The molecule has 2 aromatic carbocycles. The summed E-state index contributed by atoms with van der Waals surface area (Å²) in [5.41, 5.74) is 1.75. The first-order valence-electron chi connectivity index (χ1n) is 8.12. The highest BCUT2D eigenvalue weighted by atomic mass is 35.5. The number of hydrazine groups is 1. The molecule has 0 bridgehead atoms. The molecule has 2 heterocycles. The number of urea groups is 1. The van der Waals surface area contributed by atoms with Crippen molar-refractivity contribution in [1.82, 2.24) is 15.8 Å². The van der Waals surface area contributed by atoms with Crippen LogP contribution in [-0.2, 0) is 10.3 Å². The maximum atomic E-state index is 12.9. The van der Waals surface area contributed by atoms with Crippen LogP contribution < -0.4 is 10.7 Å². The summed E-state index contributed by atoms with van der Waals surface area (Å²) in [6.45, 7) is 1.60. The first-order chi connectivity index (χ1) is 12.9. The summed E-state index contributed by atoms with van der Waals surface area (Å²) in [5, 5.41) is 4.39. The summed E-state index contributed by atoms with van der Waals surface area (Å²) in [7, 11) is 0. The molecule has 1 aliphatic rings. The molecular weight excluding hydrogens is 386 g/mol. The molecule has 1 saturated heterocycles. The lowest BCUT2D eigenvalue weighted by Gasteiger charge is -2.22. The van der Waals surface area contributed by atoms with Gasteiger partial charge in [-0.2, -0.15) is 5.01 Å². The van der Waals surface area contributed by atoms with Gasteiger partial charge in [-0.05, 0) is 18.6 Å². The molecule has 0 spiro atoms. The molecule has 8 heteroatoms. The Hall–Kier alpha value is -2.90. The Balaban J connectivity index is 1.62. The third-order valence-electron chi connectivity index (χ3n) is 4.50. The fraction of sp³-hybridized carbons (Fsp3) is 0.105. The summed E-state index contributed by atoms with van der Waals surface area (Å²) >= 11 is 7.51. The predicted octanol–water partition coefficient (Wildman–Crippen LogP) is 3.67. The fourth-order valence-electron chi connectivity index (χ4n) is 3.02. The molecule has 136 valence electrons. The second kappa shape index (κ2) is 6.37. The Labute approximate surface area is 163 Å². The quantitative estimate of drug-likeness (QED) is 0.659. The summed E-state index contributed by atoms with van der Waals surface area (Å²) in [6.07, 6.45) is 0. The number of hydrogen-bond donors (Lipinski definition) is 2. The zero-order valence-electron chi connectivity index (χ0n) is 14.2. The van der Waals surface area contributed by atoms with E-state index >= 15 is 0 Å². The van der Waals surface area contributed by atoms with Crippen molar-refractivity contribution in [3.63, 3.8) is 0 Å². The summed E-state index contributed by atoms with van der Waals surface area (Å²) < 4.78 is 0.846. The van der Waals surface area contributed by atoms with Crippen molar-refractivity contribution in [1.29, 1.82) is 0 Å². The topological polar surface area (TPSA) is 78.5 Å². The minimum atomic E-state index is -1.25. The van der Waals surface area contributed by atoms with Crippen LogP contribution in [0.3, 0.4) is 0 Å². The molecular formula is C19H14ClN3O3S. The Morgan fingerprint density at radius 1 is 1.11 bits per heavy atom. The molecule has 27 heavy (non-hydrogen) atoms. The lowest BCUT2D eigenvalue weighted by atomic mass is 9.92. The van der Waals surface area contributed by atoms with Gasteiger partial charge in [-0.3, -0.25) is 15.0 Å². The van der Waals surface area contributed by atoms with E-state index in [0.29, 0.717) is 15.6 Å². The molecule has 4 amide bonds. The second-order valence-corrected chi connectivity index (χ2v) is 7.67. The summed E-state index contributed by atoms with van der Waals surface area (Å²) in [5.74, 6) is -1.17. The Bertz CT molecular complexity index is 1080.